The van der Waals surface area contributed by atoms with Gasteiger partial charge in [0.05, 0.1) is 0 Å². The number of nitrogens with zero attached hydrogens (tertiary/aromatic N) is 3. The van der Waals surface area contributed by atoms with Crippen molar-refractivity contribution in [2.24, 2.45) is 0 Å². The monoisotopic (exact) mass is 687 g/mol. The zero-order valence-electron chi connectivity index (χ0n) is 29.4. The van der Waals surface area contributed by atoms with Crippen LogP contribution in [0.2, 0.25) is 0 Å². The van der Waals surface area contributed by atoms with Crippen molar-refractivity contribution < 1.29 is 0 Å². The Morgan fingerprint density at radius 2 is 0.667 bits per heavy atom. The molecule has 1 aromatic heterocycles. The van der Waals surface area contributed by atoms with Crippen LogP contribution in [0, 0.1) is 0 Å². The molecule has 54 heavy (non-hydrogen) atoms. The summed E-state index contributed by atoms with van der Waals surface area (Å²) >= 11 is 0. The molecule has 0 amide bonds. The molecule has 0 fully saturated rings. The van der Waals surface area contributed by atoms with Crippen molar-refractivity contribution in [2.45, 2.75) is 0 Å². The van der Waals surface area contributed by atoms with Crippen molar-refractivity contribution in [1.82, 2.24) is 15.0 Å². The average Bonchev–Trinajstić information content (AvgIpc) is 3.26. The highest BCUT2D eigenvalue weighted by molar-refractivity contribution is 6.03. The molecule has 0 bridgehead atoms. The minimum atomic E-state index is 0.636. The quantitative estimate of drug-likeness (QED) is 0.175. The van der Waals surface area contributed by atoms with Gasteiger partial charge in [-0.05, 0) is 90.0 Å². The van der Waals surface area contributed by atoms with Crippen LogP contribution in [0.15, 0.2) is 200 Å². The Morgan fingerprint density at radius 1 is 0.222 bits per heavy atom. The van der Waals surface area contributed by atoms with Crippen molar-refractivity contribution in [3.05, 3.63) is 200 Å². The molecule has 0 saturated carbocycles. The first kappa shape index (κ1) is 31.5. The third kappa shape index (κ3) is 5.88. The molecule has 252 valence electrons. The highest BCUT2D eigenvalue weighted by atomic mass is 15.0. The van der Waals surface area contributed by atoms with Gasteiger partial charge in [0.1, 0.15) is 0 Å². The zero-order valence-corrected chi connectivity index (χ0v) is 29.4. The summed E-state index contributed by atoms with van der Waals surface area (Å²) in [6.07, 6.45) is 0. The number of hydrogen-bond acceptors (Lipinski definition) is 3. The molecule has 0 radical (unpaired) electrons. The summed E-state index contributed by atoms with van der Waals surface area (Å²) < 4.78 is 0. The molecule has 1 heterocycles. The molecular formula is C51H33N3. The van der Waals surface area contributed by atoms with E-state index in [0.717, 1.165) is 27.6 Å². The standard InChI is InChI=1S/C51H33N3/c1-3-12-34(13-4-1)38-25-26-40-31-44(29-27-39(40)30-38)51-53-49(37-15-5-2-6-16-37)52-50(54-51)43-20-9-19-41(32-43)47-23-11-18-36-24-28-42(33-48(36)47)46-22-10-17-35-14-7-8-21-45(35)46/h1-33H. The van der Waals surface area contributed by atoms with Crippen LogP contribution < -0.4 is 0 Å². The third-order valence-corrected chi connectivity index (χ3v) is 10.3. The van der Waals surface area contributed by atoms with Gasteiger partial charge in [-0.25, -0.2) is 15.0 Å². The summed E-state index contributed by atoms with van der Waals surface area (Å²) in [4.78, 5) is 15.2. The van der Waals surface area contributed by atoms with E-state index in [2.05, 4.69) is 176 Å². The van der Waals surface area contributed by atoms with Gasteiger partial charge in [-0.3, -0.25) is 0 Å². The molecule has 3 nitrogen and oxygen atoms in total. The first-order valence-corrected chi connectivity index (χ1v) is 18.3. The topological polar surface area (TPSA) is 38.7 Å². The van der Waals surface area contributed by atoms with Crippen molar-refractivity contribution in [1.29, 1.82) is 0 Å². The van der Waals surface area contributed by atoms with Gasteiger partial charge < -0.3 is 0 Å². The molecule has 10 rings (SSSR count). The molecule has 0 atom stereocenters. The summed E-state index contributed by atoms with van der Waals surface area (Å²) in [5, 5.41) is 7.20. The Hall–Kier alpha value is -7.23. The van der Waals surface area contributed by atoms with E-state index in [1.54, 1.807) is 0 Å². The van der Waals surface area contributed by atoms with E-state index in [1.165, 1.54) is 54.7 Å². The Labute approximate surface area is 313 Å². The SMILES string of the molecule is c1ccc(-c2ccc3cc(-c4nc(-c5ccccc5)nc(-c5cccc(-c6cccc7ccc(-c8cccc9ccccc89)cc67)c5)n4)ccc3c2)cc1. The van der Waals surface area contributed by atoms with Gasteiger partial charge in [-0.1, -0.05) is 176 Å². The van der Waals surface area contributed by atoms with E-state index in [1.807, 2.05) is 24.3 Å². The summed E-state index contributed by atoms with van der Waals surface area (Å²) in [7, 11) is 0. The van der Waals surface area contributed by atoms with Crippen molar-refractivity contribution in [2.75, 3.05) is 0 Å². The minimum absolute atomic E-state index is 0.636. The van der Waals surface area contributed by atoms with Gasteiger partial charge >= 0.3 is 0 Å². The maximum Gasteiger partial charge on any atom is 0.164 e. The fraction of sp³-hybridized carbons (Fsp3) is 0. The van der Waals surface area contributed by atoms with Gasteiger partial charge in [0, 0.05) is 16.7 Å². The molecule has 0 aliphatic heterocycles. The number of aromatic nitrogens is 3. The maximum absolute atomic E-state index is 5.13. The van der Waals surface area contributed by atoms with Gasteiger partial charge in [-0.15, -0.1) is 0 Å². The van der Waals surface area contributed by atoms with E-state index in [-0.39, 0.29) is 0 Å². The number of hydrogen-bond donors (Lipinski definition) is 0. The van der Waals surface area contributed by atoms with E-state index in [4.69, 9.17) is 15.0 Å². The second kappa shape index (κ2) is 13.4. The van der Waals surface area contributed by atoms with Gasteiger partial charge in [-0.2, -0.15) is 0 Å². The summed E-state index contributed by atoms with van der Waals surface area (Å²) in [5.74, 6) is 1.92. The van der Waals surface area contributed by atoms with Crippen LogP contribution in [0.5, 0.6) is 0 Å². The van der Waals surface area contributed by atoms with Crippen molar-refractivity contribution in [3.63, 3.8) is 0 Å². The van der Waals surface area contributed by atoms with Gasteiger partial charge in [0.2, 0.25) is 0 Å². The van der Waals surface area contributed by atoms with E-state index in [0.29, 0.717) is 17.5 Å². The molecule has 0 aliphatic carbocycles. The maximum atomic E-state index is 5.13. The zero-order chi connectivity index (χ0) is 35.8. The molecular weight excluding hydrogens is 655 g/mol. The second-order valence-corrected chi connectivity index (χ2v) is 13.7. The molecule has 0 saturated heterocycles. The predicted octanol–water partition coefficient (Wildman–Crippen LogP) is 13.3. The lowest BCUT2D eigenvalue weighted by Gasteiger charge is -2.13. The largest absolute Gasteiger partial charge is 0.208 e. The second-order valence-electron chi connectivity index (χ2n) is 13.7. The molecule has 9 aromatic carbocycles. The highest BCUT2D eigenvalue weighted by Crippen LogP contribution is 2.37. The molecule has 0 N–H and O–H groups in total. The number of fused-ring (bicyclic) bond motifs is 3. The minimum Gasteiger partial charge on any atom is -0.208 e. The number of benzene rings is 9. The average molecular weight is 688 g/mol. The first-order chi connectivity index (χ1) is 26.7. The van der Waals surface area contributed by atoms with E-state index in [9.17, 15) is 0 Å². The molecule has 0 spiro atoms. The Morgan fingerprint density at radius 3 is 1.41 bits per heavy atom. The summed E-state index contributed by atoms with van der Waals surface area (Å²) in [5.41, 5.74) is 9.93. The van der Waals surface area contributed by atoms with Crippen LogP contribution in [0.1, 0.15) is 0 Å². The van der Waals surface area contributed by atoms with Crippen LogP contribution in [-0.2, 0) is 0 Å². The smallest absolute Gasteiger partial charge is 0.164 e. The summed E-state index contributed by atoms with van der Waals surface area (Å²) in [6, 6.07) is 70.7. The van der Waals surface area contributed by atoms with E-state index < -0.39 is 0 Å². The number of rotatable bonds is 6. The normalized spacial score (nSPS) is 11.3. The van der Waals surface area contributed by atoms with Crippen LogP contribution in [0.25, 0.3) is 99.9 Å². The molecule has 10 aromatic rings. The fourth-order valence-corrected chi connectivity index (χ4v) is 7.54. The van der Waals surface area contributed by atoms with Crippen LogP contribution >= 0.6 is 0 Å². The Bertz CT molecular complexity index is 2980. The molecule has 0 aliphatic rings. The van der Waals surface area contributed by atoms with Gasteiger partial charge in [0.25, 0.3) is 0 Å². The Kier molecular flexibility index (Phi) is 7.81. The van der Waals surface area contributed by atoms with Crippen LogP contribution in [-0.4, -0.2) is 15.0 Å². The molecule has 0 unspecified atom stereocenters. The third-order valence-electron chi connectivity index (χ3n) is 10.3. The lowest BCUT2D eigenvalue weighted by atomic mass is 9.92. The van der Waals surface area contributed by atoms with Crippen LogP contribution in [0.4, 0.5) is 0 Å². The van der Waals surface area contributed by atoms with E-state index >= 15 is 0 Å². The lowest BCUT2D eigenvalue weighted by molar-refractivity contribution is 1.07. The van der Waals surface area contributed by atoms with Crippen molar-refractivity contribution in [3.8, 4) is 67.5 Å². The highest BCUT2D eigenvalue weighted by Gasteiger charge is 2.15. The predicted molar refractivity (Wildman–Crippen MR) is 225 cm³/mol. The Balaban J connectivity index is 1.08. The van der Waals surface area contributed by atoms with Gasteiger partial charge in [0.15, 0.2) is 17.5 Å². The lowest BCUT2D eigenvalue weighted by Crippen LogP contribution is -2.00. The fourth-order valence-electron chi connectivity index (χ4n) is 7.54. The summed E-state index contributed by atoms with van der Waals surface area (Å²) in [6.45, 7) is 0. The van der Waals surface area contributed by atoms with Crippen molar-refractivity contribution >= 4 is 32.3 Å². The van der Waals surface area contributed by atoms with Crippen LogP contribution in [0.3, 0.4) is 0 Å². The molecule has 3 heteroatoms. The first-order valence-electron chi connectivity index (χ1n) is 18.3.